The summed E-state index contributed by atoms with van der Waals surface area (Å²) in [6, 6.07) is 18.3. The average Bonchev–Trinajstić information content (AvgIpc) is 2.67. The Kier molecular flexibility index (Phi) is 5.49. The largest absolute Gasteiger partial charge is 0.497 e. The van der Waals surface area contributed by atoms with Crippen LogP contribution in [0.3, 0.4) is 0 Å². The molecule has 4 heteroatoms. The van der Waals surface area contributed by atoms with Crippen LogP contribution in [0.5, 0.6) is 5.75 Å². The average molecular weight is 324 g/mol. The summed E-state index contributed by atoms with van der Waals surface area (Å²) in [6.45, 7) is 2.40. The van der Waals surface area contributed by atoms with E-state index in [-0.39, 0.29) is 11.9 Å². The van der Waals surface area contributed by atoms with Gasteiger partial charge in [0.1, 0.15) is 5.75 Å². The summed E-state index contributed by atoms with van der Waals surface area (Å²) in [5, 5.41) is 3.40. The molecule has 0 aliphatic carbocycles. The molecule has 1 saturated heterocycles. The van der Waals surface area contributed by atoms with Gasteiger partial charge in [-0.1, -0.05) is 42.5 Å². The second kappa shape index (κ2) is 7.97. The number of carbonyl (C=O) groups is 1. The minimum absolute atomic E-state index is 0.0907. The summed E-state index contributed by atoms with van der Waals surface area (Å²) >= 11 is 0. The molecule has 1 atom stereocenters. The van der Waals surface area contributed by atoms with Crippen LogP contribution in [0.1, 0.15) is 23.6 Å². The fourth-order valence-electron chi connectivity index (χ4n) is 3.17. The molecule has 4 nitrogen and oxygen atoms in total. The van der Waals surface area contributed by atoms with Crippen molar-refractivity contribution in [3.8, 4) is 5.75 Å². The summed E-state index contributed by atoms with van der Waals surface area (Å²) in [6.07, 6.45) is 1.34. The van der Waals surface area contributed by atoms with E-state index in [2.05, 4.69) is 17.4 Å². The van der Waals surface area contributed by atoms with E-state index in [4.69, 9.17) is 4.74 Å². The summed E-state index contributed by atoms with van der Waals surface area (Å²) in [4.78, 5) is 14.8. The molecular weight excluding hydrogens is 300 g/mol. The zero-order valence-corrected chi connectivity index (χ0v) is 14.1. The predicted octanol–water partition coefficient (Wildman–Crippen LogP) is 2.80. The molecule has 0 spiro atoms. The van der Waals surface area contributed by atoms with Crippen molar-refractivity contribution in [1.29, 1.82) is 0 Å². The lowest BCUT2D eigenvalue weighted by atomic mass is 10.0. The molecule has 3 rings (SSSR count). The number of benzene rings is 2. The Bertz CT molecular complexity index is 655. The molecule has 1 fully saturated rings. The number of ether oxygens (including phenoxy) is 1. The minimum atomic E-state index is 0.0907. The third kappa shape index (κ3) is 3.95. The second-order valence-corrected chi connectivity index (χ2v) is 6.07. The highest BCUT2D eigenvalue weighted by molar-refractivity contribution is 5.77. The molecule has 1 unspecified atom stereocenters. The van der Waals surface area contributed by atoms with Gasteiger partial charge in [0, 0.05) is 26.1 Å². The number of hydrogen-bond acceptors (Lipinski definition) is 3. The lowest BCUT2D eigenvalue weighted by Crippen LogP contribution is -2.48. The molecule has 1 aliphatic heterocycles. The molecule has 0 saturated carbocycles. The third-order valence-corrected chi connectivity index (χ3v) is 4.53. The van der Waals surface area contributed by atoms with Gasteiger partial charge in [-0.15, -0.1) is 0 Å². The number of piperazine rings is 1. The van der Waals surface area contributed by atoms with Gasteiger partial charge in [0.15, 0.2) is 0 Å². The number of hydrogen-bond donors (Lipinski definition) is 1. The van der Waals surface area contributed by atoms with E-state index in [1.807, 2.05) is 47.4 Å². The zero-order chi connectivity index (χ0) is 16.8. The molecule has 1 amide bonds. The van der Waals surface area contributed by atoms with Crippen molar-refractivity contribution in [2.45, 2.75) is 18.9 Å². The van der Waals surface area contributed by atoms with E-state index < -0.39 is 0 Å². The van der Waals surface area contributed by atoms with Crippen molar-refractivity contribution in [3.63, 3.8) is 0 Å². The molecule has 1 heterocycles. The first-order valence-electron chi connectivity index (χ1n) is 8.46. The highest BCUT2D eigenvalue weighted by Gasteiger charge is 2.27. The summed E-state index contributed by atoms with van der Waals surface area (Å²) in [5.74, 6) is 1.06. The van der Waals surface area contributed by atoms with E-state index >= 15 is 0 Å². The maximum atomic E-state index is 12.8. The monoisotopic (exact) mass is 324 g/mol. The van der Waals surface area contributed by atoms with Crippen LogP contribution < -0.4 is 10.1 Å². The number of nitrogens with one attached hydrogen (secondary N) is 1. The van der Waals surface area contributed by atoms with Gasteiger partial charge in [-0.25, -0.2) is 0 Å². The molecule has 24 heavy (non-hydrogen) atoms. The first-order chi connectivity index (χ1) is 11.8. The quantitative estimate of drug-likeness (QED) is 0.919. The Morgan fingerprint density at radius 3 is 2.62 bits per heavy atom. The number of nitrogens with zero attached hydrogens (tertiary/aromatic N) is 1. The van der Waals surface area contributed by atoms with Crippen molar-refractivity contribution < 1.29 is 9.53 Å². The van der Waals surface area contributed by atoms with E-state index in [0.29, 0.717) is 6.42 Å². The molecule has 126 valence electrons. The van der Waals surface area contributed by atoms with Crippen molar-refractivity contribution in [2.24, 2.45) is 0 Å². The maximum absolute atomic E-state index is 12.8. The smallest absolute Gasteiger partial charge is 0.223 e. The van der Waals surface area contributed by atoms with Crippen molar-refractivity contribution in [1.82, 2.24) is 10.2 Å². The summed E-state index contributed by atoms with van der Waals surface area (Å²) in [7, 11) is 1.66. The topological polar surface area (TPSA) is 41.6 Å². The normalized spacial score (nSPS) is 17.5. The zero-order valence-electron chi connectivity index (χ0n) is 14.1. The number of amides is 1. The van der Waals surface area contributed by atoms with Gasteiger partial charge in [0.05, 0.1) is 13.2 Å². The van der Waals surface area contributed by atoms with Gasteiger partial charge in [0.25, 0.3) is 0 Å². The van der Waals surface area contributed by atoms with Gasteiger partial charge in [-0.3, -0.25) is 4.79 Å². The van der Waals surface area contributed by atoms with Crippen LogP contribution in [-0.2, 0) is 11.2 Å². The second-order valence-electron chi connectivity index (χ2n) is 6.07. The lowest BCUT2D eigenvalue weighted by molar-refractivity contribution is -0.134. The minimum Gasteiger partial charge on any atom is -0.497 e. The van der Waals surface area contributed by atoms with Crippen LogP contribution in [0.15, 0.2) is 54.6 Å². The first-order valence-corrected chi connectivity index (χ1v) is 8.46. The number of carbonyl (C=O) groups excluding carboxylic acids is 1. The van der Waals surface area contributed by atoms with Crippen LogP contribution in [0.4, 0.5) is 0 Å². The van der Waals surface area contributed by atoms with Gasteiger partial charge >= 0.3 is 0 Å². The molecule has 2 aromatic carbocycles. The van der Waals surface area contributed by atoms with Crippen LogP contribution in [-0.4, -0.2) is 37.6 Å². The van der Waals surface area contributed by atoms with Gasteiger partial charge in [-0.05, 0) is 29.7 Å². The Morgan fingerprint density at radius 2 is 1.92 bits per heavy atom. The lowest BCUT2D eigenvalue weighted by Gasteiger charge is -2.36. The van der Waals surface area contributed by atoms with E-state index in [9.17, 15) is 4.79 Å². The fourth-order valence-corrected chi connectivity index (χ4v) is 3.17. The molecule has 0 aromatic heterocycles. The summed E-state index contributed by atoms with van der Waals surface area (Å²) < 4.78 is 5.22. The summed E-state index contributed by atoms with van der Waals surface area (Å²) in [5.41, 5.74) is 2.36. The van der Waals surface area contributed by atoms with Gasteiger partial charge in [-0.2, -0.15) is 0 Å². The van der Waals surface area contributed by atoms with Crippen molar-refractivity contribution in [3.05, 3.63) is 65.7 Å². The van der Waals surface area contributed by atoms with Crippen LogP contribution in [0, 0.1) is 0 Å². The fraction of sp³-hybridized carbons (Fsp3) is 0.350. The molecule has 0 bridgehead atoms. The SMILES string of the molecule is COc1ccc(C2CNCCN2C(=O)CCc2ccccc2)cc1. The predicted molar refractivity (Wildman–Crippen MR) is 95.1 cm³/mol. The number of aryl methyl sites for hydroxylation is 1. The number of rotatable bonds is 5. The molecular formula is C20H24N2O2. The van der Waals surface area contributed by atoms with E-state index in [1.165, 1.54) is 5.56 Å². The van der Waals surface area contributed by atoms with Gasteiger partial charge < -0.3 is 15.0 Å². The van der Waals surface area contributed by atoms with E-state index in [0.717, 1.165) is 37.4 Å². The molecule has 0 radical (unpaired) electrons. The third-order valence-electron chi connectivity index (χ3n) is 4.53. The van der Waals surface area contributed by atoms with Crippen LogP contribution >= 0.6 is 0 Å². The molecule has 2 aromatic rings. The Morgan fingerprint density at radius 1 is 1.17 bits per heavy atom. The standard InChI is InChI=1S/C20H24N2O2/c1-24-18-10-8-17(9-11-18)19-15-21-13-14-22(19)20(23)12-7-16-5-3-2-4-6-16/h2-6,8-11,19,21H,7,12-15H2,1H3. The molecule has 1 N–H and O–H groups in total. The Balaban J connectivity index is 1.67. The van der Waals surface area contributed by atoms with Gasteiger partial charge in [0.2, 0.25) is 5.91 Å². The Labute approximate surface area is 143 Å². The van der Waals surface area contributed by atoms with Crippen LogP contribution in [0.2, 0.25) is 0 Å². The first kappa shape index (κ1) is 16.5. The highest BCUT2D eigenvalue weighted by Crippen LogP contribution is 2.25. The van der Waals surface area contributed by atoms with E-state index in [1.54, 1.807) is 7.11 Å². The Hall–Kier alpha value is -2.33. The van der Waals surface area contributed by atoms with Crippen LogP contribution in [0.25, 0.3) is 0 Å². The van der Waals surface area contributed by atoms with Crippen molar-refractivity contribution >= 4 is 5.91 Å². The van der Waals surface area contributed by atoms with Crippen molar-refractivity contribution in [2.75, 3.05) is 26.7 Å². The maximum Gasteiger partial charge on any atom is 0.223 e. The number of methoxy groups -OCH3 is 1. The highest BCUT2D eigenvalue weighted by atomic mass is 16.5. The molecule has 1 aliphatic rings.